The molecule has 5 aliphatic rings. The third-order valence-electron chi connectivity index (χ3n) is 11.4. The van der Waals surface area contributed by atoms with E-state index in [0.29, 0.717) is 32.1 Å². The van der Waals surface area contributed by atoms with Gasteiger partial charge in [-0.05, 0) is 86.7 Å². The fourth-order valence-electron chi connectivity index (χ4n) is 8.46. The molecule has 4 aliphatic heterocycles. The minimum atomic E-state index is -0.353. The maximum atomic E-state index is 14.2. The van der Waals surface area contributed by atoms with Crippen LogP contribution in [0.5, 0.6) is 0 Å². The van der Waals surface area contributed by atoms with Crippen molar-refractivity contribution in [3.05, 3.63) is 64.7 Å². The van der Waals surface area contributed by atoms with E-state index in [4.69, 9.17) is 0 Å². The summed E-state index contributed by atoms with van der Waals surface area (Å²) in [6.07, 6.45) is 7.83. The van der Waals surface area contributed by atoms with Gasteiger partial charge < -0.3 is 24.9 Å². The molecule has 0 bridgehead atoms. The summed E-state index contributed by atoms with van der Waals surface area (Å²) in [6.45, 7) is 7.82. The highest BCUT2D eigenvalue weighted by molar-refractivity contribution is 5.92. The van der Waals surface area contributed by atoms with Gasteiger partial charge in [-0.15, -0.1) is 0 Å². The molecule has 4 heterocycles. The molecule has 0 radical (unpaired) electrons. The van der Waals surface area contributed by atoms with Gasteiger partial charge in [0.25, 0.3) is 0 Å². The van der Waals surface area contributed by atoms with Gasteiger partial charge in [-0.2, -0.15) is 0 Å². The minimum Gasteiger partial charge on any atom is -0.343 e. The van der Waals surface area contributed by atoms with Crippen LogP contribution in [0.2, 0.25) is 0 Å². The lowest BCUT2D eigenvalue weighted by Gasteiger charge is -2.43. The summed E-state index contributed by atoms with van der Waals surface area (Å²) in [6, 6.07) is 15.3. The lowest BCUT2D eigenvalue weighted by atomic mass is 9.91. The van der Waals surface area contributed by atoms with Crippen molar-refractivity contribution in [3.63, 3.8) is 0 Å². The van der Waals surface area contributed by atoms with Crippen LogP contribution in [0.15, 0.2) is 42.5 Å². The molecule has 0 aromatic heterocycles. The number of likely N-dealkylation sites (N-methyl/N-ethyl adjacent to an activating group) is 1. The van der Waals surface area contributed by atoms with Crippen LogP contribution in [0.3, 0.4) is 0 Å². The molecular formula is C37H50N6O3. The van der Waals surface area contributed by atoms with Crippen LogP contribution in [-0.2, 0) is 35.4 Å². The molecule has 0 spiro atoms. The summed E-state index contributed by atoms with van der Waals surface area (Å²) in [4.78, 5) is 51.8. The van der Waals surface area contributed by atoms with Crippen molar-refractivity contribution in [2.45, 2.75) is 76.4 Å². The number of para-hydroxylation sites is 1. The second-order valence-corrected chi connectivity index (χ2v) is 14.3. The van der Waals surface area contributed by atoms with Crippen molar-refractivity contribution in [2.75, 3.05) is 64.7 Å². The summed E-state index contributed by atoms with van der Waals surface area (Å²) in [5.41, 5.74) is 6.03. The molecule has 1 unspecified atom stereocenters. The average molecular weight is 627 g/mol. The Morgan fingerprint density at radius 2 is 1.50 bits per heavy atom. The number of hydrogen-bond donors (Lipinski definition) is 1. The van der Waals surface area contributed by atoms with E-state index >= 15 is 0 Å². The van der Waals surface area contributed by atoms with Gasteiger partial charge in [-0.3, -0.25) is 14.5 Å². The Hall–Kier alpha value is -3.43. The predicted molar refractivity (Wildman–Crippen MR) is 180 cm³/mol. The van der Waals surface area contributed by atoms with Crippen LogP contribution >= 0.6 is 0 Å². The molecule has 9 nitrogen and oxygen atoms in total. The molecule has 2 aromatic rings. The van der Waals surface area contributed by atoms with Crippen LogP contribution in [0.1, 0.15) is 60.8 Å². The Morgan fingerprint density at radius 3 is 2.28 bits per heavy atom. The summed E-state index contributed by atoms with van der Waals surface area (Å²) >= 11 is 0. The largest absolute Gasteiger partial charge is 0.343 e. The van der Waals surface area contributed by atoms with Gasteiger partial charge in [0.05, 0.1) is 5.92 Å². The van der Waals surface area contributed by atoms with E-state index in [9.17, 15) is 14.4 Å². The topological polar surface area (TPSA) is 79.4 Å². The SMILES string of the molecule is CN1CCN(C2CCN(C(=O)C(CC(=O)N3CCC(N4Cc5ccccc5NC4=O)CC3)Cc3ccc4c(c3)CCC4)CC2)CC1. The van der Waals surface area contributed by atoms with Crippen LogP contribution in [0.4, 0.5) is 10.5 Å². The number of carbonyl (C=O) groups excluding carboxylic acids is 3. The van der Waals surface area contributed by atoms with Crippen LogP contribution in [0.25, 0.3) is 0 Å². The molecule has 1 atom stereocenters. The van der Waals surface area contributed by atoms with Crippen molar-refractivity contribution < 1.29 is 14.4 Å². The number of nitrogens with zero attached hydrogens (tertiary/aromatic N) is 5. The number of fused-ring (bicyclic) bond motifs is 2. The number of benzene rings is 2. The van der Waals surface area contributed by atoms with Crippen molar-refractivity contribution in [3.8, 4) is 0 Å². The monoisotopic (exact) mass is 626 g/mol. The number of likely N-dealkylation sites (tertiary alicyclic amines) is 2. The van der Waals surface area contributed by atoms with E-state index in [0.717, 1.165) is 89.0 Å². The van der Waals surface area contributed by atoms with E-state index < -0.39 is 0 Å². The Labute approximate surface area is 273 Å². The molecule has 246 valence electrons. The summed E-state index contributed by atoms with van der Waals surface area (Å²) < 4.78 is 0. The van der Waals surface area contributed by atoms with Gasteiger partial charge in [-0.25, -0.2) is 4.79 Å². The summed E-state index contributed by atoms with van der Waals surface area (Å²) in [5, 5.41) is 3.03. The maximum absolute atomic E-state index is 14.2. The van der Waals surface area contributed by atoms with E-state index in [1.165, 1.54) is 23.1 Å². The summed E-state index contributed by atoms with van der Waals surface area (Å²) in [7, 11) is 2.19. The number of amides is 4. The van der Waals surface area contributed by atoms with E-state index in [1.54, 1.807) is 0 Å². The Morgan fingerprint density at radius 1 is 0.804 bits per heavy atom. The van der Waals surface area contributed by atoms with Crippen LogP contribution in [-0.4, -0.2) is 114 Å². The van der Waals surface area contributed by atoms with Crippen molar-refractivity contribution in [1.29, 1.82) is 0 Å². The molecule has 3 saturated heterocycles. The molecule has 2 aromatic carbocycles. The van der Waals surface area contributed by atoms with Crippen LogP contribution in [0, 0.1) is 5.92 Å². The van der Waals surface area contributed by atoms with E-state index in [2.05, 4.69) is 51.3 Å². The van der Waals surface area contributed by atoms with Gasteiger partial charge in [0, 0.05) is 83.1 Å². The highest BCUT2D eigenvalue weighted by atomic mass is 16.2. The molecule has 4 amide bonds. The number of piperazine rings is 1. The molecular weight excluding hydrogens is 576 g/mol. The highest BCUT2D eigenvalue weighted by Crippen LogP contribution is 2.30. The summed E-state index contributed by atoms with van der Waals surface area (Å²) in [5.74, 6) is -0.142. The van der Waals surface area contributed by atoms with Gasteiger partial charge >= 0.3 is 6.03 Å². The zero-order valence-corrected chi connectivity index (χ0v) is 27.5. The zero-order valence-electron chi connectivity index (χ0n) is 27.5. The lowest BCUT2D eigenvalue weighted by Crippen LogP contribution is -2.54. The fourth-order valence-corrected chi connectivity index (χ4v) is 8.46. The number of urea groups is 1. The normalized spacial score (nSPS) is 22.4. The number of nitrogens with one attached hydrogen (secondary N) is 1. The van der Waals surface area contributed by atoms with E-state index in [-0.39, 0.29) is 36.2 Å². The van der Waals surface area contributed by atoms with Gasteiger partial charge in [0.1, 0.15) is 0 Å². The zero-order chi connectivity index (χ0) is 31.6. The second kappa shape index (κ2) is 13.7. The third-order valence-corrected chi connectivity index (χ3v) is 11.4. The van der Waals surface area contributed by atoms with E-state index in [1.807, 2.05) is 28.0 Å². The quantitative estimate of drug-likeness (QED) is 0.503. The average Bonchev–Trinajstić information content (AvgIpc) is 3.56. The predicted octanol–water partition coefficient (Wildman–Crippen LogP) is 4.00. The Balaban J connectivity index is 0.982. The molecule has 7 rings (SSSR count). The molecule has 3 fully saturated rings. The third kappa shape index (κ3) is 6.81. The number of anilines is 1. The second-order valence-electron chi connectivity index (χ2n) is 14.3. The maximum Gasteiger partial charge on any atom is 0.322 e. The molecule has 0 saturated carbocycles. The molecule has 1 N–H and O–H groups in total. The highest BCUT2D eigenvalue weighted by Gasteiger charge is 2.36. The standard InChI is InChI=1S/C37H50N6O3/c1-39-19-21-40(22-20-39)32-11-17-42(18-12-32)36(45)31(24-27-9-10-28-6-4-7-29(28)23-27)25-35(44)41-15-13-33(14-16-41)43-26-30-5-2-3-8-34(30)38-37(43)46/h2-3,5,8-10,23,31-33H,4,6-7,11-22,24-26H2,1H3,(H,38,46). The Bertz CT molecular complexity index is 1420. The lowest BCUT2D eigenvalue weighted by molar-refractivity contribution is -0.143. The van der Waals surface area contributed by atoms with Crippen molar-refractivity contribution in [2.24, 2.45) is 5.92 Å². The van der Waals surface area contributed by atoms with Crippen LogP contribution < -0.4 is 5.32 Å². The van der Waals surface area contributed by atoms with Gasteiger partial charge in [0.2, 0.25) is 11.8 Å². The van der Waals surface area contributed by atoms with Crippen molar-refractivity contribution >= 4 is 23.5 Å². The molecule has 1 aliphatic carbocycles. The number of carbonyl (C=O) groups is 3. The van der Waals surface area contributed by atoms with Gasteiger partial charge in [0.15, 0.2) is 0 Å². The van der Waals surface area contributed by atoms with Crippen molar-refractivity contribution in [1.82, 2.24) is 24.5 Å². The number of rotatable bonds is 7. The van der Waals surface area contributed by atoms with Gasteiger partial charge in [-0.1, -0.05) is 36.4 Å². The number of piperidine rings is 2. The first-order valence-electron chi connectivity index (χ1n) is 17.7. The first-order chi connectivity index (χ1) is 22.4. The number of aryl methyl sites for hydroxylation is 2. The molecule has 46 heavy (non-hydrogen) atoms. The Kier molecular flexibility index (Phi) is 9.31. The minimum absolute atomic E-state index is 0.0557. The number of hydrogen-bond acceptors (Lipinski definition) is 5. The fraction of sp³-hybridized carbons (Fsp3) is 0.595. The first-order valence-corrected chi connectivity index (χ1v) is 17.7. The first kappa shape index (κ1) is 31.2. The molecule has 9 heteroatoms. The smallest absolute Gasteiger partial charge is 0.322 e.